The van der Waals surface area contributed by atoms with Crippen molar-refractivity contribution in [1.29, 1.82) is 0 Å². The molecular formula is C10H16N2O. The third kappa shape index (κ3) is 1.03. The molecule has 3 atom stereocenters. The van der Waals surface area contributed by atoms with Crippen molar-refractivity contribution in [2.75, 3.05) is 13.1 Å². The van der Waals surface area contributed by atoms with Gasteiger partial charge >= 0.3 is 0 Å². The highest BCUT2D eigenvalue weighted by molar-refractivity contribution is 5.78. The van der Waals surface area contributed by atoms with Crippen molar-refractivity contribution in [3.05, 3.63) is 0 Å². The minimum atomic E-state index is 0.410. The summed E-state index contributed by atoms with van der Waals surface area (Å²) in [5.74, 6) is 1.16. The van der Waals surface area contributed by atoms with E-state index in [9.17, 15) is 4.79 Å². The van der Waals surface area contributed by atoms with Gasteiger partial charge in [0.1, 0.15) is 0 Å². The fraction of sp³-hybridized carbons (Fsp3) is 0.900. The molecule has 0 radical (unpaired) electrons. The Bertz CT molecular complexity index is 241. The number of fused-ring (bicyclic) bond motifs is 5. The van der Waals surface area contributed by atoms with Crippen LogP contribution in [0.25, 0.3) is 0 Å². The molecule has 0 aliphatic carbocycles. The Morgan fingerprint density at radius 2 is 2.31 bits per heavy atom. The number of carbonyl (C=O) groups is 1. The van der Waals surface area contributed by atoms with Crippen LogP contribution < -0.4 is 5.32 Å². The SMILES string of the molecule is O=C1CCCC2C3CNCC(C3)N12. The lowest BCUT2D eigenvalue weighted by Gasteiger charge is -2.33. The molecule has 3 nitrogen and oxygen atoms in total. The number of amides is 1. The van der Waals surface area contributed by atoms with Crippen LogP contribution in [0.5, 0.6) is 0 Å². The summed E-state index contributed by atoms with van der Waals surface area (Å²) in [7, 11) is 0. The monoisotopic (exact) mass is 180 g/mol. The standard InChI is InChI=1S/C10H16N2O/c13-10-3-1-2-9-7-4-8(12(9)10)6-11-5-7/h7-9,11H,1-6H2. The summed E-state index contributed by atoms with van der Waals surface area (Å²) in [6.45, 7) is 2.16. The van der Waals surface area contributed by atoms with Gasteiger partial charge in [-0.05, 0) is 25.2 Å². The van der Waals surface area contributed by atoms with Crippen LogP contribution in [0.2, 0.25) is 0 Å². The fourth-order valence-corrected chi connectivity index (χ4v) is 3.31. The first kappa shape index (κ1) is 7.80. The van der Waals surface area contributed by atoms with Gasteiger partial charge in [0, 0.05) is 31.6 Å². The Hall–Kier alpha value is -0.570. The summed E-state index contributed by atoms with van der Waals surface area (Å²) < 4.78 is 0. The molecule has 1 amide bonds. The third-order valence-corrected chi connectivity index (χ3v) is 3.83. The number of carbonyl (C=O) groups excluding carboxylic acids is 1. The second-order valence-electron chi connectivity index (χ2n) is 4.57. The lowest BCUT2D eigenvalue weighted by molar-refractivity contribution is -0.136. The number of rotatable bonds is 0. The second-order valence-corrected chi connectivity index (χ2v) is 4.57. The lowest BCUT2D eigenvalue weighted by atomic mass is 9.92. The van der Waals surface area contributed by atoms with Crippen molar-refractivity contribution in [2.45, 2.75) is 37.8 Å². The van der Waals surface area contributed by atoms with E-state index in [1.807, 2.05) is 0 Å². The Labute approximate surface area is 78.5 Å². The summed E-state index contributed by atoms with van der Waals surface area (Å²) in [5.41, 5.74) is 0. The molecule has 3 heteroatoms. The highest BCUT2D eigenvalue weighted by Gasteiger charge is 2.46. The maximum atomic E-state index is 11.7. The maximum absolute atomic E-state index is 11.7. The first-order valence-corrected chi connectivity index (χ1v) is 5.38. The van der Waals surface area contributed by atoms with Crippen molar-refractivity contribution in [3.8, 4) is 0 Å². The largest absolute Gasteiger partial charge is 0.335 e. The van der Waals surface area contributed by atoms with Crippen molar-refractivity contribution in [1.82, 2.24) is 10.2 Å². The van der Waals surface area contributed by atoms with Crippen LogP contribution in [0.1, 0.15) is 25.7 Å². The number of nitrogens with zero attached hydrogens (tertiary/aromatic N) is 1. The van der Waals surface area contributed by atoms with Gasteiger partial charge in [-0.15, -0.1) is 0 Å². The zero-order valence-electron chi connectivity index (χ0n) is 7.83. The highest BCUT2D eigenvalue weighted by atomic mass is 16.2. The molecule has 3 fully saturated rings. The van der Waals surface area contributed by atoms with Gasteiger partial charge in [-0.25, -0.2) is 0 Å². The maximum Gasteiger partial charge on any atom is 0.223 e. The Morgan fingerprint density at radius 1 is 1.38 bits per heavy atom. The van der Waals surface area contributed by atoms with Crippen LogP contribution in [-0.2, 0) is 4.79 Å². The molecule has 3 aliphatic rings. The number of piperidine rings is 2. The first-order valence-electron chi connectivity index (χ1n) is 5.38. The molecular weight excluding hydrogens is 164 g/mol. The van der Waals surface area contributed by atoms with Gasteiger partial charge < -0.3 is 10.2 Å². The Morgan fingerprint density at radius 3 is 3.23 bits per heavy atom. The zero-order valence-corrected chi connectivity index (χ0v) is 7.83. The number of nitrogens with one attached hydrogen (secondary N) is 1. The molecule has 0 aromatic heterocycles. The van der Waals surface area contributed by atoms with Gasteiger partial charge in [0.2, 0.25) is 5.91 Å². The van der Waals surface area contributed by atoms with E-state index in [-0.39, 0.29) is 0 Å². The Balaban J connectivity index is 1.90. The molecule has 2 bridgehead atoms. The van der Waals surface area contributed by atoms with Crippen LogP contribution >= 0.6 is 0 Å². The van der Waals surface area contributed by atoms with Crippen molar-refractivity contribution < 1.29 is 4.79 Å². The van der Waals surface area contributed by atoms with E-state index >= 15 is 0 Å². The van der Waals surface area contributed by atoms with Crippen LogP contribution in [0, 0.1) is 5.92 Å². The fourth-order valence-electron chi connectivity index (χ4n) is 3.31. The van der Waals surface area contributed by atoms with E-state index in [2.05, 4.69) is 10.2 Å². The van der Waals surface area contributed by atoms with E-state index in [1.54, 1.807) is 0 Å². The molecule has 3 aliphatic heterocycles. The van der Waals surface area contributed by atoms with Crippen molar-refractivity contribution in [2.24, 2.45) is 5.92 Å². The molecule has 1 N–H and O–H groups in total. The second kappa shape index (κ2) is 2.71. The molecule has 72 valence electrons. The summed E-state index contributed by atoms with van der Waals surface area (Å²) in [4.78, 5) is 13.9. The minimum absolute atomic E-state index is 0.410. The summed E-state index contributed by atoms with van der Waals surface area (Å²) in [6, 6.07) is 1.11. The van der Waals surface area contributed by atoms with E-state index in [4.69, 9.17) is 0 Å². The molecule has 0 spiro atoms. The van der Waals surface area contributed by atoms with E-state index in [1.165, 1.54) is 12.8 Å². The molecule has 3 rings (SSSR count). The molecule has 0 aromatic rings. The number of hydrogen-bond acceptors (Lipinski definition) is 2. The average molecular weight is 180 g/mol. The van der Waals surface area contributed by atoms with Crippen LogP contribution in [0.4, 0.5) is 0 Å². The van der Waals surface area contributed by atoms with E-state index < -0.39 is 0 Å². The van der Waals surface area contributed by atoms with Crippen LogP contribution in [0.3, 0.4) is 0 Å². The molecule has 3 saturated heterocycles. The number of hydrogen-bond donors (Lipinski definition) is 1. The normalized spacial score (nSPS) is 43.5. The van der Waals surface area contributed by atoms with Crippen LogP contribution in [0.15, 0.2) is 0 Å². The van der Waals surface area contributed by atoms with Gasteiger partial charge in [0.15, 0.2) is 0 Å². The smallest absolute Gasteiger partial charge is 0.223 e. The quantitative estimate of drug-likeness (QED) is 0.583. The van der Waals surface area contributed by atoms with Crippen LogP contribution in [-0.4, -0.2) is 36.0 Å². The minimum Gasteiger partial charge on any atom is -0.335 e. The summed E-state index contributed by atoms with van der Waals surface area (Å²) in [6.07, 6.45) is 4.40. The topological polar surface area (TPSA) is 32.3 Å². The van der Waals surface area contributed by atoms with Gasteiger partial charge in [0.25, 0.3) is 0 Å². The Kier molecular flexibility index (Phi) is 1.62. The predicted octanol–water partition coefficient (Wildman–Crippen LogP) is 0.359. The molecule has 3 unspecified atom stereocenters. The molecule has 0 saturated carbocycles. The van der Waals surface area contributed by atoms with Gasteiger partial charge in [-0.3, -0.25) is 4.79 Å². The molecule has 3 heterocycles. The summed E-state index contributed by atoms with van der Waals surface area (Å²) >= 11 is 0. The van der Waals surface area contributed by atoms with Gasteiger partial charge in [0.05, 0.1) is 0 Å². The lowest BCUT2D eigenvalue weighted by Crippen LogP contribution is -2.46. The van der Waals surface area contributed by atoms with Gasteiger partial charge in [-0.2, -0.15) is 0 Å². The van der Waals surface area contributed by atoms with E-state index in [0.717, 1.165) is 31.8 Å². The molecule has 0 aromatic carbocycles. The first-order chi connectivity index (χ1) is 6.36. The zero-order chi connectivity index (χ0) is 8.84. The summed E-state index contributed by atoms with van der Waals surface area (Å²) in [5, 5.41) is 3.43. The van der Waals surface area contributed by atoms with Gasteiger partial charge in [-0.1, -0.05) is 0 Å². The average Bonchev–Trinajstić information content (AvgIpc) is 2.41. The van der Waals surface area contributed by atoms with Crippen molar-refractivity contribution >= 4 is 5.91 Å². The van der Waals surface area contributed by atoms with E-state index in [0.29, 0.717) is 18.0 Å². The van der Waals surface area contributed by atoms with Crippen molar-refractivity contribution in [3.63, 3.8) is 0 Å². The third-order valence-electron chi connectivity index (χ3n) is 3.83. The molecule has 13 heavy (non-hydrogen) atoms. The predicted molar refractivity (Wildman–Crippen MR) is 49.2 cm³/mol. The highest BCUT2D eigenvalue weighted by Crippen LogP contribution is 2.37.